The summed E-state index contributed by atoms with van der Waals surface area (Å²) in [6.07, 6.45) is 0. The molecule has 3 heteroatoms. The van der Waals surface area contributed by atoms with Gasteiger partial charge in [-0.05, 0) is 19.1 Å². The van der Waals surface area contributed by atoms with Crippen LogP contribution in [-0.2, 0) is 0 Å². The van der Waals surface area contributed by atoms with Gasteiger partial charge in [0.05, 0.1) is 6.07 Å². The zero-order valence-corrected chi connectivity index (χ0v) is 7.53. The molecule has 1 aromatic carbocycles. The average molecular weight is 176 g/mol. The van der Waals surface area contributed by atoms with Gasteiger partial charge in [-0.25, -0.2) is 0 Å². The number of nitrogens with two attached hydrogens (primary N) is 1. The largest absolute Gasteiger partial charge is 0.491 e. The first kappa shape index (κ1) is 9.56. The molecule has 0 spiro atoms. The summed E-state index contributed by atoms with van der Waals surface area (Å²) < 4.78 is 5.27. The van der Waals surface area contributed by atoms with E-state index < -0.39 is 6.04 Å². The first-order chi connectivity index (χ1) is 6.22. The SMILES string of the molecule is Cc1ccc(OCC(N)C#N)cc1. The Morgan fingerprint density at radius 3 is 2.62 bits per heavy atom. The van der Waals surface area contributed by atoms with Gasteiger partial charge in [-0.15, -0.1) is 0 Å². The second kappa shape index (κ2) is 4.48. The monoisotopic (exact) mass is 176 g/mol. The van der Waals surface area contributed by atoms with Crippen LogP contribution in [0.3, 0.4) is 0 Å². The highest BCUT2D eigenvalue weighted by Crippen LogP contribution is 2.11. The molecule has 0 aliphatic rings. The maximum absolute atomic E-state index is 8.40. The van der Waals surface area contributed by atoms with Gasteiger partial charge in [-0.1, -0.05) is 17.7 Å². The molecule has 0 bridgehead atoms. The molecule has 0 aliphatic carbocycles. The fourth-order valence-electron chi connectivity index (χ4n) is 0.858. The topological polar surface area (TPSA) is 59.0 Å². The van der Waals surface area contributed by atoms with Gasteiger partial charge in [0.25, 0.3) is 0 Å². The predicted molar refractivity (Wildman–Crippen MR) is 50.3 cm³/mol. The van der Waals surface area contributed by atoms with Crippen LogP contribution in [-0.4, -0.2) is 12.6 Å². The van der Waals surface area contributed by atoms with Crippen molar-refractivity contribution in [1.29, 1.82) is 5.26 Å². The molecule has 3 nitrogen and oxygen atoms in total. The highest BCUT2D eigenvalue weighted by Gasteiger charge is 2.00. The molecule has 1 aromatic rings. The molecule has 1 atom stereocenters. The van der Waals surface area contributed by atoms with E-state index in [2.05, 4.69) is 0 Å². The first-order valence-electron chi connectivity index (χ1n) is 4.07. The van der Waals surface area contributed by atoms with Crippen LogP contribution < -0.4 is 10.5 Å². The van der Waals surface area contributed by atoms with Crippen molar-refractivity contribution in [2.45, 2.75) is 13.0 Å². The molecule has 0 aromatic heterocycles. The Balaban J connectivity index is 2.47. The Morgan fingerprint density at radius 1 is 1.46 bits per heavy atom. The van der Waals surface area contributed by atoms with E-state index in [1.165, 1.54) is 5.56 Å². The third-order valence-corrected chi connectivity index (χ3v) is 1.62. The average Bonchev–Trinajstić information content (AvgIpc) is 2.16. The number of ether oxygens (including phenoxy) is 1. The predicted octanol–water partition coefficient (Wildman–Crippen LogP) is 1.22. The molecule has 1 unspecified atom stereocenters. The van der Waals surface area contributed by atoms with Crippen molar-refractivity contribution in [1.82, 2.24) is 0 Å². The highest BCUT2D eigenvalue weighted by atomic mass is 16.5. The number of benzene rings is 1. The van der Waals surface area contributed by atoms with E-state index >= 15 is 0 Å². The van der Waals surface area contributed by atoms with Crippen molar-refractivity contribution in [2.75, 3.05) is 6.61 Å². The van der Waals surface area contributed by atoms with Crippen LogP contribution in [0.1, 0.15) is 5.56 Å². The number of nitriles is 1. The van der Waals surface area contributed by atoms with E-state index in [0.29, 0.717) is 0 Å². The molecule has 1 rings (SSSR count). The van der Waals surface area contributed by atoms with Gasteiger partial charge in [0.1, 0.15) is 18.4 Å². The van der Waals surface area contributed by atoms with Crippen molar-refractivity contribution in [3.8, 4) is 11.8 Å². The van der Waals surface area contributed by atoms with Crippen LogP contribution in [0.25, 0.3) is 0 Å². The van der Waals surface area contributed by atoms with Crippen LogP contribution >= 0.6 is 0 Å². The lowest BCUT2D eigenvalue weighted by molar-refractivity contribution is 0.308. The number of hydrogen-bond acceptors (Lipinski definition) is 3. The van der Waals surface area contributed by atoms with Gasteiger partial charge < -0.3 is 10.5 Å². The first-order valence-corrected chi connectivity index (χ1v) is 4.07. The molecular formula is C10H12N2O. The van der Waals surface area contributed by atoms with Crippen LogP contribution in [0, 0.1) is 18.3 Å². The van der Waals surface area contributed by atoms with Gasteiger partial charge in [-0.2, -0.15) is 5.26 Å². The summed E-state index contributed by atoms with van der Waals surface area (Å²) in [4.78, 5) is 0. The fraction of sp³-hybridized carbons (Fsp3) is 0.300. The van der Waals surface area contributed by atoms with Gasteiger partial charge in [0, 0.05) is 0 Å². The molecule has 0 fully saturated rings. The van der Waals surface area contributed by atoms with Crippen LogP contribution in [0.4, 0.5) is 0 Å². The standard InChI is InChI=1S/C10H12N2O/c1-8-2-4-10(5-3-8)13-7-9(12)6-11/h2-5,9H,7,12H2,1H3. The Morgan fingerprint density at radius 2 is 2.08 bits per heavy atom. The minimum atomic E-state index is -0.554. The number of nitrogens with zero attached hydrogens (tertiary/aromatic N) is 1. The number of aryl methyl sites for hydroxylation is 1. The summed E-state index contributed by atoms with van der Waals surface area (Å²) >= 11 is 0. The van der Waals surface area contributed by atoms with E-state index in [-0.39, 0.29) is 6.61 Å². The van der Waals surface area contributed by atoms with Crippen LogP contribution in [0.15, 0.2) is 24.3 Å². The van der Waals surface area contributed by atoms with E-state index in [9.17, 15) is 0 Å². The lowest BCUT2D eigenvalue weighted by Crippen LogP contribution is -2.25. The van der Waals surface area contributed by atoms with Crippen molar-refractivity contribution in [3.63, 3.8) is 0 Å². The zero-order chi connectivity index (χ0) is 9.68. The lowest BCUT2D eigenvalue weighted by atomic mass is 10.2. The normalized spacial score (nSPS) is 11.8. The summed E-state index contributed by atoms with van der Waals surface area (Å²) in [5, 5.41) is 8.40. The van der Waals surface area contributed by atoms with Crippen LogP contribution in [0.2, 0.25) is 0 Å². The summed E-state index contributed by atoms with van der Waals surface area (Å²) in [5.41, 5.74) is 6.54. The second-order valence-electron chi connectivity index (χ2n) is 2.86. The molecule has 0 amide bonds. The number of hydrogen-bond donors (Lipinski definition) is 1. The Bertz CT molecular complexity index is 300. The van der Waals surface area contributed by atoms with Crippen molar-refractivity contribution < 1.29 is 4.74 Å². The molecule has 68 valence electrons. The van der Waals surface area contributed by atoms with Crippen molar-refractivity contribution in [3.05, 3.63) is 29.8 Å². The van der Waals surface area contributed by atoms with E-state index in [4.69, 9.17) is 15.7 Å². The molecule has 0 saturated heterocycles. The van der Waals surface area contributed by atoms with E-state index in [1.54, 1.807) is 0 Å². The summed E-state index contributed by atoms with van der Waals surface area (Å²) in [6, 6.07) is 8.97. The molecular weight excluding hydrogens is 164 g/mol. The third-order valence-electron chi connectivity index (χ3n) is 1.62. The Hall–Kier alpha value is -1.53. The molecule has 0 radical (unpaired) electrons. The molecule has 0 heterocycles. The van der Waals surface area contributed by atoms with Gasteiger partial charge in [-0.3, -0.25) is 0 Å². The van der Waals surface area contributed by atoms with Gasteiger partial charge in [0.2, 0.25) is 0 Å². The Labute approximate surface area is 77.7 Å². The maximum atomic E-state index is 8.40. The molecule has 0 saturated carbocycles. The fourth-order valence-corrected chi connectivity index (χ4v) is 0.858. The minimum Gasteiger partial charge on any atom is -0.491 e. The van der Waals surface area contributed by atoms with Crippen molar-refractivity contribution >= 4 is 0 Å². The molecule has 0 aliphatic heterocycles. The van der Waals surface area contributed by atoms with Gasteiger partial charge >= 0.3 is 0 Å². The Kier molecular flexibility index (Phi) is 3.30. The smallest absolute Gasteiger partial charge is 0.127 e. The summed E-state index contributed by atoms with van der Waals surface area (Å²) in [5.74, 6) is 0.747. The second-order valence-corrected chi connectivity index (χ2v) is 2.86. The zero-order valence-electron chi connectivity index (χ0n) is 7.53. The quantitative estimate of drug-likeness (QED) is 0.753. The summed E-state index contributed by atoms with van der Waals surface area (Å²) in [7, 11) is 0. The van der Waals surface area contributed by atoms with Gasteiger partial charge in [0.15, 0.2) is 0 Å². The van der Waals surface area contributed by atoms with Crippen molar-refractivity contribution in [2.24, 2.45) is 5.73 Å². The number of rotatable bonds is 3. The third kappa shape index (κ3) is 3.14. The molecule has 2 N–H and O–H groups in total. The maximum Gasteiger partial charge on any atom is 0.127 e. The minimum absolute atomic E-state index is 0.236. The lowest BCUT2D eigenvalue weighted by Gasteiger charge is -2.06. The van der Waals surface area contributed by atoms with Crippen LogP contribution in [0.5, 0.6) is 5.75 Å². The van der Waals surface area contributed by atoms with E-state index in [1.807, 2.05) is 37.3 Å². The summed E-state index contributed by atoms with van der Waals surface area (Å²) in [6.45, 7) is 2.24. The van der Waals surface area contributed by atoms with E-state index in [0.717, 1.165) is 5.75 Å². The highest BCUT2D eigenvalue weighted by molar-refractivity contribution is 5.26. The molecule has 13 heavy (non-hydrogen) atoms.